The Kier molecular flexibility index (Phi) is 6.50. The van der Waals surface area contributed by atoms with Crippen LogP contribution in [0.5, 0.6) is 0 Å². The number of nitrogens with one attached hydrogen (secondary N) is 2. The molecule has 1 heterocycles. The minimum atomic E-state index is -0.257. The van der Waals surface area contributed by atoms with Crippen molar-refractivity contribution in [1.29, 1.82) is 0 Å². The molecule has 1 saturated carbocycles. The largest absolute Gasteiger partial charge is 0.441 e. The van der Waals surface area contributed by atoms with Gasteiger partial charge in [0.1, 0.15) is 5.76 Å². The normalized spacial score (nSPS) is 14.7. The van der Waals surface area contributed by atoms with Gasteiger partial charge in [-0.3, -0.25) is 9.59 Å². The predicted octanol–water partition coefficient (Wildman–Crippen LogP) is 3.41. The zero-order valence-corrected chi connectivity index (χ0v) is 16.1. The van der Waals surface area contributed by atoms with Gasteiger partial charge in [-0.15, -0.1) is 0 Å². The molecule has 2 N–H and O–H groups in total. The van der Waals surface area contributed by atoms with Crippen LogP contribution in [0.2, 0.25) is 5.02 Å². The summed E-state index contributed by atoms with van der Waals surface area (Å²) in [7, 11) is 0. The number of halogens is 1. The van der Waals surface area contributed by atoms with E-state index in [4.69, 9.17) is 16.0 Å². The highest BCUT2D eigenvalue weighted by Crippen LogP contribution is 2.23. The molecule has 144 valence electrons. The molecule has 3 rings (SSSR count). The van der Waals surface area contributed by atoms with Gasteiger partial charge in [0.15, 0.2) is 0 Å². The molecule has 1 aliphatic rings. The molecule has 6 nitrogen and oxygen atoms in total. The van der Waals surface area contributed by atoms with Crippen molar-refractivity contribution < 1.29 is 14.0 Å². The molecule has 0 saturated heterocycles. The molecule has 0 radical (unpaired) electrons. The molecule has 1 aliphatic carbocycles. The van der Waals surface area contributed by atoms with Gasteiger partial charge in [0.05, 0.1) is 18.7 Å². The van der Waals surface area contributed by atoms with Crippen LogP contribution in [-0.2, 0) is 16.0 Å². The fourth-order valence-electron chi connectivity index (χ4n) is 3.23. The molecule has 1 aromatic heterocycles. The molecule has 0 atom stereocenters. The van der Waals surface area contributed by atoms with Crippen LogP contribution < -0.4 is 10.6 Å². The number of carbonyl (C=O) groups excluding carboxylic acids is 2. The first-order valence-electron chi connectivity index (χ1n) is 9.29. The lowest BCUT2D eigenvalue weighted by Crippen LogP contribution is -2.43. The average Bonchev–Trinajstić information content (AvgIpc) is 3.02. The second-order valence-electron chi connectivity index (χ2n) is 6.88. The van der Waals surface area contributed by atoms with Crippen LogP contribution in [0.3, 0.4) is 0 Å². The highest BCUT2D eigenvalue weighted by atomic mass is 35.5. The lowest BCUT2D eigenvalue weighted by atomic mass is 9.95. The van der Waals surface area contributed by atoms with E-state index in [1.807, 2.05) is 12.1 Å². The van der Waals surface area contributed by atoms with E-state index in [2.05, 4.69) is 15.6 Å². The van der Waals surface area contributed by atoms with E-state index in [1.54, 1.807) is 19.1 Å². The summed E-state index contributed by atoms with van der Waals surface area (Å²) in [6.45, 7) is 1.75. The third-order valence-electron chi connectivity index (χ3n) is 4.73. The van der Waals surface area contributed by atoms with Crippen LogP contribution in [0.15, 0.2) is 28.7 Å². The van der Waals surface area contributed by atoms with Gasteiger partial charge in [0.2, 0.25) is 17.7 Å². The maximum absolute atomic E-state index is 12.2. The van der Waals surface area contributed by atoms with Gasteiger partial charge in [-0.25, -0.2) is 4.98 Å². The Morgan fingerprint density at radius 1 is 1.15 bits per heavy atom. The Bertz CT molecular complexity index is 795. The number of amides is 2. The van der Waals surface area contributed by atoms with Crippen LogP contribution in [0, 0.1) is 6.92 Å². The van der Waals surface area contributed by atoms with E-state index < -0.39 is 0 Å². The monoisotopic (exact) mass is 389 g/mol. The highest BCUT2D eigenvalue weighted by molar-refractivity contribution is 6.30. The van der Waals surface area contributed by atoms with Gasteiger partial charge in [0.25, 0.3) is 0 Å². The summed E-state index contributed by atoms with van der Waals surface area (Å²) >= 11 is 5.89. The number of rotatable bonds is 6. The standard InChI is InChI=1S/C20H24ClN3O3/c1-13-17(24-20(27-13)14-7-9-15(21)10-8-14)11-18(25)22-12-19(26)23-16-5-3-2-4-6-16/h7-10,16H,2-6,11-12H2,1H3,(H,22,25)(H,23,26). The minimum absolute atomic E-state index is 0.0176. The van der Waals surface area contributed by atoms with E-state index in [9.17, 15) is 9.59 Å². The summed E-state index contributed by atoms with van der Waals surface area (Å²) in [6.07, 6.45) is 5.64. The summed E-state index contributed by atoms with van der Waals surface area (Å²) in [5.41, 5.74) is 1.35. The minimum Gasteiger partial charge on any atom is -0.441 e. The summed E-state index contributed by atoms with van der Waals surface area (Å²) in [6, 6.07) is 7.38. The van der Waals surface area contributed by atoms with Crippen molar-refractivity contribution in [2.24, 2.45) is 0 Å². The summed E-state index contributed by atoms with van der Waals surface area (Å²) < 4.78 is 5.65. The molecule has 0 aliphatic heterocycles. The van der Waals surface area contributed by atoms with Crippen LogP contribution in [0.1, 0.15) is 43.6 Å². The van der Waals surface area contributed by atoms with Crippen molar-refractivity contribution in [3.63, 3.8) is 0 Å². The number of aromatic nitrogens is 1. The molecule has 1 fully saturated rings. The predicted molar refractivity (Wildman–Crippen MR) is 103 cm³/mol. The molecule has 1 aromatic carbocycles. The van der Waals surface area contributed by atoms with Crippen molar-refractivity contribution in [3.05, 3.63) is 40.7 Å². The average molecular weight is 390 g/mol. The Morgan fingerprint density at radius 2 is 1.85 bits per heavy atom. The molecule has 2 aromatic rings. The third kappa shape index (κ3) is 5.57. The quantitative estimate of drug-likeness (QED) is 0.792. The number of hydrogen-bond donors (Lipinski definition) is 2. The fourth-order valence-corrected chi connectivity index (χ4v) is 3.35. The Labute approximate surface area is 163 Å². The van der Waals surface area contributed by atoms with Gasteiger partial charge >= 0.3 is 0 Å². The van der Waals surface area contributed by atoms with Crippen molar-refractivity contribution >= 4 is 23.4 Å². The molecule has 2 amide bonds. The van der Waals surface area contributed by atoms with Crippen molar-refractivity contribution in [2.45, 2.75) is 51.5 Å². The summed E-state index contributed by atoms with van der Waals surface area (Å²) in [5.74, 6) is 0.630. The fraction of sp³-hybridized carbons (Fsp3) is 0.450. The molecule has 7 heteroatoms. The SMILES string of the molecule is Cc1oc(-c2ccc(Cl)cc2)nc1CC(=O)NCC(=O)NC1CCCCC1. The van der Waals surface area contributed by atoms with Crippen LogP contribution in [-0.4, -0.2) is 29.4 Å². The zero-order chi connectivity index (χ0) is 19.2. The van der Waals surface area contributed by atoms with E-state index >= 15 is 0 Å². The number of hydrogen-bond acceptors (Lipinski definition) is 4. The van der Waals surface area contributed by atoms with Crippen molar-refractivity contribution in [3.8, 4) is 11.5 Å². The topological polar surface area (TPSA) is 84.2 Å². The van der Waals surface area contributed by atoms with E-state index in [1.165, 1.54) is 6.42 Å². The molecule has 0 unspecified atom stereocenters. The van der Waals surface area contributed by atoms with E-state index in [0.717, 1.165) is 31.2 Å². The van der Waals surface area contributed by atoms with Crippen molar-refractivity contribution in [1.82, 2.24) is 15.6 Å². The Morgan fingerprint density at radius 3 is 2.56 bits per heavy atom. The summed E-state index contributed by atoms with van der Waals surface area (Å²) in [4.78, 5) is 28.5. The second-order valence-corrected chi connectivity index (χ2v) is 7.32. The lowest BCUT2D eigenvalue weighted by Gasteiger charge is -2.22. The number of benzene rings is 1. The van der Waals surface area contributed by atoms with Crippen LogP contribution in [0.4, 0.5) is 0 Å². The van der Waals surface area contributed by atoms with E-state index in [0.29, 0.717) is 22.4 Å². The highest BCUT2D eigenvalue weighted by Gasteiger charge is 2.17. The smallest absolute Gasteiger partial charge is 0.239 e. The second kappa shape index (κ2) is 9.04. The first-order valence-corrected chi connectivity index (χ1v) is 9.67. The lowest BCUT2D eigenvalue weighted by molar-refractivity contribution is -0.126. The van der Waals surface area contributed by atoms with Gasteiger partial charge < -0.3 is 15.1 Å². The summed E-state index contributed by atoms with van der Waals surface area (Å²) in [5, 5.41) is 6.27. The first-order chi connectivity index (χ1) is 13.0. The van der Waals surface area contributed by atoms with Crippen molar-refractivity contribution in [2.75, 3.05) is 6.54 Å². The number of carbonyl (C=O) groups is 2. The number of oxazole rings is 1. The first kappa shape index (κ1) is 19.4. The maximum atomic E-state index is 12.2. The third-order valence-corrected chi connectivity index (χ3v) is 4.98. The molecule has 0 spiro atoms. The van der Waals surface area contributed by atoms with Gasteiger partial charge in [0, 0.05) is 16.6 Å². The van der Waals surface area contributed by atoms with Crippen LogP contribution in [0.25, 0.3) is 11.5 Å². The van der Waals surface area contributed by atoms with Gasteiger partial charge in [-0.1, -0.05) is 30.9 Å². The number of aryl methyl sites for hydroxylation is 1. The molecular formula is C20H24ClN3O3. The number of nitrogens with zero attached hydrogens (tertiary/aromatic N) is 1. The van der Waals surface area contributed by atoms with Crippen LogP contribution >= 0.6 is 11.6 Å². The Balaban J connectivity index is 1.50. The van der Waals surface area contributed by atoms with Gasteiger partial charge in [-0.2, -0.15) is 0 Å². The maximum Gasteiger partial charge on any atom is 0.239 e. The van der Waals surface area contributed by atoms with Gasteiger partial charge in [-0.05, 0) is 44.0 Å². The van der Waals surface area contributed by atoms with E-state index in [-0.39, 0.29) is 30.8 Å². The Hall–Kier alpha value is -2.34. The molecular weight excluding hydrogens is 366 g/mol. The zero-order valence-electron chi connectivity index (χ0n) is 15.4. The molecule has 27 heavy (non-hydrogen) atoms. The molecule has 0 bridgehead atoms.